The Balaban J connectivity index is 2.14. The summed E-state index contributed by atoms with van der Waals surface area (Å²) in [5, 5.41) is 0. The Morgan fingerprint density at radius 3 is 2.25 bits per heavy atom. The Hall–Kier alpha value is -1.92. The maximum atomic E-state index is 11.3. The molecule has 0 aliphatic carbocycles. The molecule has 0 amide bonds. The van der Waals surface area contributed by atoms with Crippen LogP contribution in [0.2, 0.25) is 0 Å². The fourth-order valence-electron chi connectivity index (χ4n) is 1.60. The first-order valence-corrected chi connectivity index (χ1v) is 7.95. The van der Waals surface area contributed by atoms with E-state index in [2.05, 4.69) is 4.98 Å². The van der Waals surface area contributed by atoms with E-state index in [4.69, 9.17) is 10.5 Å². The lowest BCUT2D eigenvalue weighted by atomic mass is 10.2. The van der Waals surface area contributed by atoms with E-state index >= 15 is 0 Å². The van der Waals surface area contributed by atoms with Crippen molar-refractivity contribution in [1.29, 1.82) is 0 Å². The molecule has 2 N–H and O–H groups in total. The quantitative estimate of drug-likeness (QED) is 0.935. The fraction of sp³-hybridized carbons (Fsp3) is 0.214. The number of sulfone groups is 1. The van der Waals surface area contributed by atoms with Crippen molar-refractivity contribution in [2.45, 2.75) is 17.9 Å². The zero-order valence-electron chi connectivity index (χ0n) is 11.3. The van der Waals surface area contributed by atoms with Crippen molar-refractivity contribution in [2.24, 2.45) is 5.73 Å². The molecule has 106 valence electrons. The number of benzene rings is 1. The van der Waals surface area contributed by atoms with Gasteiger partial charge in [0, 0.05) is 24.6 Å². The van der Waals surface area contributed by atoms with E-state index in [0.717, 1.165) is 11.8 Å². The third-order valence-electron chi connectivity index (χ3n) is 2.76. The Bertz CT molecular complexity index is 677. The van der Waals surface area contributed by atoms with Gasteiger partial charge in [-0.2, -0.15) is 0 Å². The number of rotatable bonds is 4. The second-order valence-corrected chi connectivity index (χ2v) is 6.58. The molecule has 0 fully saturated rings. The van der Waals surface area contributed by atoms with Gasteiger partial charge in [0.15, 0.2) is 9.84 Å². The molecule has 1 aromatic carbocycles. The monoisotopic (exact) mass is 292 g/mol. The summed E-state index contributed by atoms with van der Waals surface area (Å²) in [5.74, 6) is 0.958. The molecule has 5 nitrogen and oxygen atoms in total. The maximum Gasteiger partial charge on any atom is 0.219 e. The van der Waals surface area contributed by atoms with Crippen LogP contribution in [0.25, 0.3) is 0 Å². The average Bonchev–Trinajstić information content (AvgIpc) is 2.39. The largest absolute Gasteiger partial charge is 0.439 e. The highest BCUT2D eigenvalue weighted by atomic mass is 32.2. The normalized spacial score (nSPS) is 12.9. The number of nitrogens with zero attached hydrogens (tertiary/aromatic N) is 1. The molecule has 1 aromatic heterocycles. The van der Waals surface area contributed by atoms with Crippen LogP contribution in [-0.2, 0) is 9.84 Å². The van der Waals surface area contributed by atoms with Crippen LogP contribution in [0, 0.1) is 0 Å². The summed E-state index contributed by atoms with van der Waals surface area (Å²) >= 11 is 0. The molecular formula is C14H16N2O3S. The van der Waals surface area contributed by atoms with Gasteiger partial charge in [-0.05, 0) is 36.8 Å². The van der Waals surface area contributed by atoms with Gasteiger partial charge in [-0.25, -0.2) is 13.4 Å². The van der Waals surface area contributed by atoms with Gasteiger partial charge in [-0.1, -0.05) is 6.07 Å². The second kappa shape index (κ2) is 5.60. The lowest BCUT2D eigenvalue weighted by molar-refractivity contribution is 0.462. The number of aromatic nitrogens is 1. The predicted octanol–water partition coefficient (Wildman–Crippen LogP) is 2.30. The molecule has 0 radical (unpaired) electrons. The van der Waals surface area contributed by atoms with Gasteiger partial charge >= 0.3 is 0 Å². The Morgan fingerprint density at radius 2 is 1.80 bits per heavy atom. The maximum absolute atomic E-state index is 11.3. The molecule has 1 atom stereocenters. The summed E-state index contributed by atoms with van der Waals surface area (Å²) in [6.07, 6.45) is 2.82. The zero-order valence-corrected chi connectivity index (χ0v) is 12.1. The lowest BCUT2D eigenvalue weighted by Gasteiger charge is -2.08. The standard InChI is InChI=1S/C14H16N2O3S/c1-10(15)11-3-8-14(16-9-11)19-12-4-6-13(7-5-12)20(2,17)18/h3-10H,15H2,1-2H3/t10-/m1/s1. The van der Waals surface area contributed by atoms with Crippen molar-refractivity contribution in [3.63, 3.8) is 0 Å². The number of hydrogen-bond donors (Lipinski definition) is 1. The molecule has 0 spiro atoms. The van der Waals surface area contributed by atoms with Gasteiger partial charge in [0.25, 0.3) is 0 Å². The van der Waals surface area contributed by atoms with Crippen molar-refractivity contribution in [2.75, 3.05) is 6.26 Å². The topological polar surface area (TPSA) is 82.3 Å². The van der Waals surface area contributed by atoms with Gasteiger partial charge in [0.1, 0.15) is 5.75 Å². The number of nitrogens with two attached hydrogens (primary N) is 1. The van der Waals surface area contributed by atoms with E-state index in [1.165, 1.54) is 12.1 Å². The first-order valence-electron chi connectivity index (χ1n) is 6.06. The van der Waals surface area contributed by atoms with Gasteiger partial charge in [-0.3, -0.25) is 0 Å². The number of hydrogen-bond acceptors (Lipinski definition) is 5. The number of ether oxygens (including phenoxy) is 1. The summed E-state index contributed by atoms with van der Waals surface area (Å²) in [6, 6.07) is 9.68. The Labute approximate surface area is 118 Å². The van der Waals surface area contributed by atoms with Crippen LogP contribution in [0.5, 0.6) is 11.6 Å². The highest BCUT2D eigenvalue weighted by molar-refractivity contribution is 7.90. The van der Waals surface area contributed by atoms with E-state index in [0.29, 0.717) is 11.6 Å². The molecule has 1 heterocycles. The van der Waals surface area contributed by atoms with Crippen molar-refractivity contribution in [1.82, 2.24) is 4.98 Å². The van der Waals surface area contributed by atoms with Gasteiger partial charge < -0.3 is 10.5 Å². The SMILES string of the molecule is C[C@@H](N)c1ccc(Oc2ccc(S(C)(=O)=O)cc2)nc1. The molecule has 0 saturated heterocycles. The molecule has 0 aliphatic heterocycles. The fourth-order valence-corrected chi connectivity index (χ4v) is 2.23. The number of pyridine rings is 1. The predicted molar refractivity (Wildman–Crippen MR) is 76.5 cm³/mol. The first-order chi connectivity index (χ1) is 9.36. The lowest BCUT2D eigenvalue weighted by Crippen LogP contribution is -2.05. The average molecular weight is 292 g/mol. The van der Waals surface area contributed by atoms with Crippen LogP contribution in [0.3, 0.4) is 0 Å². The second-order valence-electron chi connectivity index (χ2n) is 4.56. The molecule has 0 saturated carbocycles. The van der Waals surface area contributed by atoms with Crippen LogP contribution in [-0.4, -0.2) is 19.7 Å². The molecule has 2 aromatic rings. The summed E-state index contributed by atoms with van der Waals surface area (Å²) in [4.78, 5) is 4.40. The van der Waals surface area contributed by atoms with Crippen molar-refractivity contribution in [3.8, 4) is 11.6 Å². The van der Waals surface area contributed by atoms with E-state index < -0.39 is 9.84 Å². The zero-order chi connectivity index (χ0) is 14.8. The van der Waals surface area contributed by atoms with Crippen molar-refractivity contribution in [3.05, 3.63) is 48.2 Å². The van der Waals surface area contributed by atoms with Crippen LogP contribution in [0.1, 0.15) is 18.5 Å². The summed E-state index contributed by atoms with van der Waals surface area (Å²) in [5.41, 5.74) is 6.66. The molecule has 6 heteroatoms. The first kappa shape index (κ1) is 14.5. The van der Waals surface area contributed by atoms with Gasteiger partial charge in [0.05, 0.1) is 4.90 Å². The van der Waals surface area contributed by atoms with E-state index in [-0.39, 0.29) is 10.9 Å². The summed E-state index contributed by atoms with van der Waals surface area (Å²) in [6.45, 7) is 1.88. The summed E-state index contributed by atoms with van der Waals surface area (Å²) in [7, 11) is -3.19. The molecular weight excluding hydrogens is 276 g/mol. The molecule has 0 aliphatic rings. The van der Waals surface area contributed by atoms with E-state index in [1.807, 2.05) is 13.0 Å². The van der Waals surface area contributed by atoms with Crippen LogP contribution < -0.4 is 10.5 Å². The third-order valence-corrected chi connectivity index (χ3v) is 3.89. The van der Waals surface area contributed by atoms with Gasteiger partial charge in [0.2, 0.25) is 5.88 Å². The van der Waals surface area contributed by atoms with Crippen LogP contribution >= 0.6 is 0 Å². The molecule has 0 bridgehead atoms. The highest BCUT2D eigenvalue weighted by Gasteiger charge is 2.07. The molecule has 20 heavy (non-hydrogen) atoms. The van der Waals surface area contributed by atoms with Crippen LogP contribution in [0.15, 0.2) is 47.5 Å². The van der Waals surface area contributed by atoms with Crippen molar-refractivity contribution < 1.29 is 13.2 Å². The minimum absolute atomic E-state index is 0.0782. The van der Waals surface area contributed by atoms with E-state index in [9.17, 15) is 8.42 Å². The highest BCUT2D eigenvalue weighted by Crippen LogP contribution is 2.22. The third kappa shape index (κ3) is 3.55. The Kier molecular flexibility index (Phi) is 4.06. The van der Waals surface area contributed by atoms with Crippen LogP contribution in [0.4, 0.5) is 0 Å². The van der Waals surface area contributed by atoms with Crippen molar-refractivity contribution >= 4 is 9.84 Å². The molecule has 0 unspecified atom stereocenters. The smallest absolute Gasteiger partial charge is 0.219 e. The van der Waals surface area contributed by atoms with Gasteiger partial charge in [-0.15, -0.1) is 0 Å². The molecule has 2 rings (SSSR count). The van der Waals surface area contributed by atoms with E-state index in [1.54, 1.807) is 24.4 Å². The summed E-state index contributed by atoms with van der Waals surface area (Å²) < 4.78 is 28.2. The minimum atomic E-state index is -3.19. The Morgan fingerprint density at radius 1 is 1.15 bits per heavy atom. The minimum Gasteiger partial charge on any atom is -0.439 e.